The maximum atomic E-state index is 13.9. The van der Waals surface area contributed by atoms with Crippen molar-refractivity contribution in [1.29, 1.82) is 0 Å². The van der Waals surface area contributed by atoms with E-state index in [2.05, 4.69) is 10.6 Å². The van der Waals surface area contributed by atoms with E-state index in [1.54, 1.807) is 4.90 Å². The number of fused-ring (bicyclic) bond motifs is 1. The molecule has 0 unspecified atom stereocenters. The van der Waals surface area contributed by atoms with Gasteiger partial charge in [-0.15, -0.1) is 0 Å². The first-order valence-corrected chi connectivity index (χ1v) is 13.8. The van der Waals surface area contributed by atoms with Crippen molar-refractivity contribution in [3.8, 4) is 0 Å². The Balaban J connectivity index is 1.40. The Labute approximate surface area is 219 Å². The van der Waals surface area contributed by atoms with Gasteiger partial charge in [0.2, 0.25) is 17.7 Å². The van der Waals surface area contributed by atoms with Crippen LogP contribution in [0.1, 0.15) is 56.6 Å². The summed E-state index contributed by atoms with van der Waals surface area (Å²) in [6.07, 6.45) is 9.10. The monoisotopic (exact) mass is 509 g/mol. The minimum atomic E-state index is -1.13. The summed E-state index contributed by atoms with van der Waals surface area (Å²) in [7, 11) is 0. The summed E-state index contributed by atoms with van der Waals surface area (Å²) in [5.74, 6) is -2.04. The van der Waals surface area contributed by atoms with Gasteiger partial charge in [-0.25, -0.2) is 0 Å². The molecule has 2 N–H and O–H groups in total. The highest BCUT2D eigenvalue weighted by Crippen LogP contribution is 2.55. The normalized spacial score (nSPS) is 30.6. The van der Waals surface area contributed by atoms with Crippen molar-refractivity contribution < 1.29 is 23.9 Å². The number of anilines is 1. The number of hydrogen-bond acceptors (Lipinski definition) is 5. The Morgan fingerprint density at radius 3 is 2.65 bits per heavy atom. The van der Waals surface area contributed by atoms with Crippen LogP contribution < -0.4 is 10.6 Å². The summed E-state index contributed by atoms with van der Waals surface area (Å²) in [6.45, 7) is 7.44. The number of hydrogen-bond donors (Lipinski definition) is 2. The molecule has 1 aromatic rings. The number of carbonyl (C=O) groups is 3. The van der Waals surface area contributed by atoms with Gasteiger partial charge in [0.25, 0.3) is 0 Å². The van der Waals surface area contributed by atoms with E-state index in [1.807, 2.05) is 51.1 Å². The van der Waals surface area contributed by atoms with E-state index < -0.39 is 29.6 Å². The minimum Gasteiger partial charge on any atom is -0.382 e. The summed E-state index contributed by atoms with van der Waals surface area (Å²) in [4.78, 5) is 42.9. The van der Waals surface area contributed by atoms with E-state index in [4.69, 9.17) is 9.47 Å². The van der Waals surface area contributed by atoms with E-state index in [-0.39, 0.29) is 23.8 Å². The second kappa shape index (κ2) is 10.6. The van der Waals surface area contributed by atoms with Gasteiger partial charge < -0.3 is 25.0 Å². The number of likely N-dealkylation sites (tertiary alicyclic amines) is 1. The molecule has 37 heavy (non-hydrogen) atoms. The van der Waals surface area contributed by atoms with E-state index in [0.717, 1.165) is 36.8 Å². The van der Waals surface area contributed by atoms with E-state index in [9.17, 15) is 14.4 Å². The van der Waals surface area contributed by atoms with Gasteiger partial charge in [0, 0.05) is 31.5 Å². The second-order valence-corrected chi connectivity index (χ2v) is 10.9. The molecule has 3 aliphatic heterocycles. The predicted octanol–water partition coefficient (Wildman–Crippen LogP) is 3.27. The standard InChI is InChI=1S/C29H39N3O5/c1-4-36-16-8-15-32-25(27(34)30-20-9-6-5-7-10-20)29-14-13-22(37-29)23(24(29)28(32)35)26(33)31-21-12-11-18(2)19(3)17-21/h11-14,17,20,22-25H,4-10,15-16H2,1-3H3,(H,30,34)(H,31,33)/t22-,23-,24-,25+,29+/m1/s1. The molecule has 8 nitrogen and oxygen atoms in total. The molecule has 8 heteroatoms. The third kappa shape index (κ3) is 4.70. The molecular weight excluding hydrogens is 470 g/mol. The van der Waals surface area contributed by atoms with Gasteiger partial charge in [0.1, 0.15) is 11.6 Å². The number of nitrogens with one attached hydrogen (secondary N) is 2. The van der Waals surface area contributed by atoms with Gasteiger partial charge in [0.05, 0.1) is 17.9 Å². The molecule has 5 atom stereocenters. The number of carbonyl (C=O) groups excluding carboxylic acids is 3. The fourth-order valence-electron chi connectivity index (χ4n) is 6.56. The molecule has 3 fully saturated rings. The van der Waals surface area contributed by atoms with Gasteiger partial charge in [-0.2, -0.15) is 0 Å². The highest BCUT2D eigenvalue weighted by Gasteiger charge is 2.72. The first-order chi connectivity index (χ1) is 17.9. The van der Waals surface area contributed by atoms with Crippen LogP contribution in [0.15, 0.2) is 30.4 Å². The van der Waals surface area contributed by atoms with Crippen LogP contribution in [-0.4, -0.2) is 66.2 Å². The van der Waals surface area contributed by atoms with Gasteiger partial charge in [-0.3, -0.25) is 14.4 Å². The van der Waals surface area contributed by atoms with Crippen LogP contribution in [0, 0.1) is 25.7 Å². The molecule has 3 heterocycles. The molecule has 4 aliphatic rings. The lowest BCUT2D eigenvalue weighted by molar-refractivity contribution is -0.141. The SMILES string of the molecule is CCOCCCN1C(=O)[C@H]2[C@H](C(=O)Nc3ccc(C)c(C)c3)[C@H]3C=C[C@@]2(O3)[C@@H]1C(=O)NC1CCCCC1. The molecule has 200 valence electrons. The third-order valence-corrected chi connectivity index (χ3v) is 8.54. The first kappa shape index (κ1) is 25.9. The topological polar surface area (TPSA) is 97.0 Å². The van der Waals surface area contributed by atoms with Gasteiger partial charge in [0.15, 0.2) is 0 Å². The molecular formula is C29H39N3O5. The van der Waals surface area contributed by atoms with Crippen molar-refractivity contribution in [2.45, 2.75) is 83.1 Å². The quantitative estimate of drug-likeness (QED) is 0.393. The van der Waals surface area contributed by atoms with Crippen LogP contribution in [0.2, 0.25) is 0 Å². The summed E-state index contributed by atoms with van der Waals surface area (Å²) in [5.41, 5.74) is 1.79. The van der Waals surface area contributed by atoms with Crippen LogP contribution in [0.4, 0.5) is 5.69 Å². The van der Waals surface area contributed by atoms with Crippen LogP contribution in [0.3, 0.4) is 0 Å². The molecule has 1 aromatic carbocycles. The minimum absolute atomic E-state index is 0.114. The highest BCUT2D eigenvalue weighted by atomic mass is 16.5. The van der Waals surface area contributed by atoms with Gasteiger partial charge >= 0.3 is 0 Å². The van der Waals surface area contributed by atoms with Crippen molar-refractivity contribution in [2.24, 2.45) is 11.8 Å². The van der Waals surface area contributed by atoms with Gasteiger partial charge in [-0.1, -0.05) is 37.5 Å². The van der Waals surface area contributed by atoms with Crippen molar-refractivity contribution >= 4 is 23.4 Å². The lowest BCUT2D eigenvalue weighted by Gasteiger charge is -2.34. The maximum absolute atomic E-state index is 13.9. The Morgan fingerprint density at radius 2 is 1.92 bits per heavy atom. The molecule has 2 bridgehead atoms. The van der Waals surface area contributed by atoms with Crippen molar-refractivity contribution in [3.63, 3.8) is 0 Å². The zero-order valence-corrected chi connectivity index (χ0v) is 22.1. The maximum Gasteiger partial charge on any atom is 0.246 e. The molecule has 2 saturated heterocycles. The largest absolute Gasteiger partial charge is 0.382 e. The fourth-order valence-corrected chi connectivity index (χ4v) is 6.56. The number of rotatable bonds is 9. The molecule has 1 spiro atoms. The number of nitrogens with zero attached hydrogens (tertiary/aromatic N) is 1. The summed E-state index contributed by atoms with van der Waals surface area (Å²) < 4.78 is 11.9. The van der Waals surface area contributed by atoms with Crippen molar-refractivity contribution in [1.82, 2.24) is 10.2 Å². The number of aryl methyl sites for hydroxylation is 2. The zero-order valence-electron chi connectivity index (χ0n) is 22.1. The Bertz CT molecular complexity index is 1080. The lowest BCUT2D eigenvalue weighted by atomic mass is 9.74. The van der Waals surface area contributed by atoms with E-state index in [0.29, 0.717) is 31.9 Å². The third-order valence-electron chi connectivity index (χ3n) is 8.54. The van der Waals surface area contributed by atoms with Crippen LogP contribution in [-0.2, 0) is 23.9 Å². The highest BCUT2D eigenvalue weighted by molar-refractivity contribution is 6.02. The van der Waals surface area contributed by atoms with Crippen LogP contribution in [0.25, 0.3) is 0 Å². The molecule has 5 rings (SSSR count). The Morgan fingerprint density at radius 1 is 1.14 bits per heavy atom. The molecule has 0 radical (unpaired) electrons. The summed E-state index contributed by atoms with van der Waals surface area (Å²) >= 11 is 0. The summed E-state index contributed by atoms with van der Waals surface area (Å²) in [6, 6.07) is 5.09. The molecule has 3 amide bonds. The zero-order chi connectivity index (χ0) is 26.2. The number of benzene rings is 1. The predicted molar refractivity (Wildman–Crippen MR) is 140 cm³/mol. The van der Waals surface area contributed by atoms with E-state index in [1.165, 1.54) is 6.42 Å². The van der Waals surface area contributed by atoms with Crippen LogP contribution >= 0.6 is 0 Å². The molecule has 0 aromatic heterocycles. The number of ether oxygens (including phenoxy) is 2. The average Bonchev–Trinajstić information content (AvgIpc) is 3.52. The van der Waals surface area contributed by atoms with Crippen LogP contribution in [0.5, 0.6) is 0 Å². The molecule has 1 aliphatic carbocycles. The lowest BCUT2D eigenvalue weighted by Crippen LogP contribution is -2.56. The Hall–Kier alpha value is -2.71. The fraction of sp³-hybridized carbons (Fsp3) is 0.621. The van der Waals surface area contributed by atoms with E-state index >= 15 is 0 Å². The Kier molecular flexibility index (Phi) is 7.41. The van der Waals surface area contributed by atoms with Crippen molar-refractivity contribution in [3.05, 3.63) is 41.5 Å². The molecule has 1 saturated carbocycles. The second-order valence-electron chi connectivity index (χ2n) is 10.9. The van der Waals surface area contributed by atoms with Gasteiger partial charge in [-0.05, 0) is 63.3 Å². The number of amides is 3. The smallest absolute Gasteiger partial charge is 0.246 e. The average molecular weight is 510 g/mol. The van der Waals surface area contributed by atoms with Crippen molar-refractivity contribution in [2.75, 3.05) is 25.1 Å². The first-order valence-electron chi connectivity index (χ1n) is 13.8. The summed E-state index contributed by atoms with van der Waals surface area (Å²) in [5, 5.41) is 6.23.